The van der Waals surface area contributed by atoms with Crippen LogP contribution in [0, 0.1) is 11.7 Å². The first-order chi connectivity index (χ1) is 13.7. The second-order valence-electron chi connectivity index (χ2n) is 8.04. The Hall–Kier alpha value is -2.72. The highest BCUT2D eigenvalue weighted by molar-refractivity contribution is 5.91. The van der Waals surface area contributed by atoms with Crippen LogP contribution in [0.4, 0.5) is 4.39 Å². The fourth-order valence-electron chi connectivity index (χ4n) is 4.75. The van der Waals surface area contributed by atoms with Gasteiger partial charge in [0.05, 0.1) is 5.69 Å². The zero-order valence-corrected chi connectivity index (χ0v) is 16.0. The number of benzene rings is 1. The van der Waals surface area contributed by atoms with Gasteiger partial charge in [0.1, 0.15) is 5.82 Å². The number of aromatic nitrogens is 2. The molecule has 0 radical (unpaired) electrons. The first-order valence-corrected chi connectivity index (χ1v) is 10.0. The number of nitrogens with one attached hydrogen (secondary N) is 1. The van der Waals surface area contributed by atoms with E-state index in [9.17, 15) is 4.39 Å². The topological polar surface area (TPSA) is 31.9 Å². The first-order valence-electron chi connectivity index (χ1n) is 10.0. The molecule has 2 aromatic heterocycles. The Bertz CT molecular complexity index is 1000. The van der Waals surface area contributed by atoms with Gasteiger partial charge < -0.3 is 4.98 Å². The van der Waals surface area contributed by atoms with Crippen molar-refractivity contribution in [2.24, 2.45) is 5.92 Å². The highest BCUT2D eigenvalue weighted by atomic mass is 19.1. The molecule has 2 aliphatic rings. The molecule has 1 fully saturated rings. The number of hydrogen-bond acceptors (Lipinski definition) is 2. The molecule has 2 atom stereocenters. The summed E-state index contributed by atoms with van der Waals surface area (Å²) in [6.45, 7) is 4.67. The lowest BCUT2D eigenvalue weighted by atomic mass is 9.90. The van der Waals surface area contributed by atoms with Gasteiger partial charge in [-0.2, -0.15) is 0 Å². The maximum absolute atomic E-state index is 13.4. The van der Waals surface area contributed by atoms with Crippen molar-refractivity contribution in [3.63, 3.8) is 0 Å². The normalized spacial score (nSPS) is 22.1. The number of pyridine rings is 1. The predicted octanol–water partition coefficient (Wildman–Crippen LogP) is 5.38. The maximum atomic E-state index is 13.4. The molecule has 5 rings (SSSR count). The fourth-order valence-corrected chi connectivity index (χ4v) is 4.75. The molecule has 0 amide bonds. The summed E-state index contributed by atoms with van der Waals surface area (Å²) in [7, 11) is 0. The Kier molecular flexibility index (Phi) is 4.36. The summed E-state index contributed by atoms with van der Waals surface area (Å²) in [5, 5.41) is 0. The van der Waals surface area contributed by atoms with E-state index in [0.717, 1.165) is 35.7 Å². The number of hydrogen-bond donors (Lipinski definition) is 1. The van der Waals surface area contributed by atoms with Gasteiger partial charge in [-0.05, 0) is 71.9 Å². The van der Waals surface area contributed by atoms with Crippen LogP contribution in [-0.4, -0.2) is 34.0 Å². The molecule has 1 aromatic carbocycles. The lowest BCUT2D eigenvalue weighted by Crippen LogP contribution is -2.32. The van der Waals surface area contributed by atoms with Crippen LogP contribution in [0.1, 0.15) is 25.3 Å². The minimum Gasteiger partial charge on any atom is -0.360 e. The van der Waals surface area contributed by atoms with E-state index >= 15 is 0 Å². The third kappa shape index (κ3) is 3.08. The van der Waals surface area contributed by atoms with E-state index in [-0.39, 0.29) is 5.82 Å². The van der Waals surface area contributed by atoms with Gasteiger partial charge in [0, 0.05) is 48.8 Å². The third-order valence-corrected chi connectivity index (χ3v) is 6.05. The van der Waals surface area contributed by atoms with Gasteiger partial charge >= 0.3 is 0 Å². The molecule has 3 nitrogen and oxygen atoms in total. The Morgan fingerprint density at radius 3 is 2.64 bits per heavy atom. The maximum Gasteiger partial charge on any atom is 0.123 e. The second-order valence-corrected chi connectivity index (χ2v) is 8.04. The summed E-state index contributed by atoms with van der Waals surface area (Å²) in [4.78, 5) is 10.3. The first kappa shape index (κ1) is 17.4. The number of nitrogens with zero attached hydrogens (tertiary/aromatic N) is 2. The highest BCUT2D eigenvalue weighted by Crippen LogP contribution is 2.41. The van der Waals surface area contributed by atoms with Gasteiger partial charge in [-0.3, -0.25) is 9.88 Å². The van der Waals surface area contributed by atoms with Crippen molar-refractivity contribution in [2.75, 3.05) is 13.1 Å². The predicted molar refractivity (Wildman–Crippen MR) is 111 cm³/mol. The Morgan fingerprint density at radius 2 is 1.86 bits per heavy atom. The van der Waals surface area contributed by atoms with Crippen molar-refractivity contribution in [3.8, 4) is 22.4 Å². The molecule has 1 saturated heterocycles. The number of halogens is 1. The van der Waals surface area contributed by atoms with Gasteiger partial charge in [-0.1, -0.05) is 13.0 Å². The molecule has 0 spiro atoms. The van der Waals surface area contributed by atoms with Crippen LogP contribution in [0.25, 0.3) is 28.0 Å². The standard InChI is InChI=1S/C24H24FN3/c1-16-12-21-13-19(8-11-28(21)15-16)22-14-27-24(18-2-4-20(25)5-3-18)23(22)17-6-9-26-10-7-17/h2-7,9-10,13-14,16,21,27H,8,11-12,15H2,1H3/t16?,21-/m0/s1. The molecule has 3 aromatic rings. The van der Waals surface area contributed by atoms with Crippen molar-refractivity contribution in [3.05, 3.63) is 72.4 Å². The van der Waals surface area contributed by atoms with Gasteiger partial charge in [0.2, 0.25) is 0 Å². The van der Waals surface area contributed by atoms with Gasteiger partial charge in [-0.25, -0.2) is 4.39 Å². The smallest absolute Gasteiger partial charge is 0.123 e. The monoisotopic (exact) mass is 373 g/mol. The number of aromatic amines is 1. The van der Waals surface area contributed by atoms with E-state index in [4.69, 9.17) is 0 Å². The van der Waals surface area contributed by atoms with Crippen molar-refractivity contribution in [1.29, 1.82) is 0 Å². The quantitative estimate of drug-likeness (QED) is 0.668. The Labute approximate surface area is 164 Å². The van der Waals surface area contributed by atoms with Crippen LogP contribution in [0.2, 0.25) is 0 Å². The number of H-pyrrole nitrogens is 1. The Morgan fingerprint density at radius 1 is 1.07 bits per heavy atom. The average Bonchev–Trinajstić information content (AvgIpc) is 3.31. The second kappa shape index (κ2) is 7.02. The summed E-state index contributed by atoms with van der Waals surface area (Å²) in [5.41, 5.74) is 7.00. The third-order valence-electron chi connectivity index (χ3n) is 6.05. The molecule has 0 bridgehead atoms. The van der Waals surface area contributed by atoms with E-state index in [1.807, 2.05) is 36.7 Å². The van der Waals surface area contributed by atoms with E-state index < -0.39 is 0 Å². The van der Waals surface area contributed by atoms with Crippen LogP contribution in [0.5, 0.6) is 0 Å². The molecule has 4 heterocycles. The van der Waals surface area contributed by atoms with Crippen molar-refractivity contribution < 1.29 is 4.39 Å². The largest absolute Gasteiger partial charge is 0.360 e. The van der Waals surface area contributed by atoms with Gasteiger partial charge in [0.15, 0.2) is 0 Å². The van der Waals surface area contributed by atoms with E-state index in [1.165, 1.54) is 41.8 Å². The highest BCUT2D eigenvalue weighted by Gasteiger charge is 2.32. The summed E-state index contributed by atoms with van der Waals surface area (Å²) in [6.07, 6.45) is 10.5. The summed E-state index contributed by atoms with van der Waals surface area (Å²) >= 11 is 0. The van der Waals surface area contributed by atoms with Gasteiger partial charge in [-0.15, -0.1) is 0 Å². The van der Waals surface area contributed by atoms with Crippen LogP contribution in [-0.2, 0) is 0 Å². The molecule has 1 N–H and O–H groups in total. The zero-order valence-electron chi connectivity index (χ0n) is 16.0. The van der Waals surface area contributed by atoms with Crippen LogP contribution >= 0.6 is 0 Å². The lowest BCUT2D eigenvalue weighted by Gasteiger charge is -2.28. The molecular weight excluding hydrogens is 349 g/mol. The van der Waals surface area contributed by atoms with E-state index in [2.05, 4.69) is 34.1 Å². The average molecular weight is 373 g/mol. The molecule has 0 aliphatic carbocycles. The number of rotatable bonds is 3. The minimum absolute atomic E-state index is 0.216. The molecule has 4 heteroatoms. The van der Waals surface area contributed by atoms with Crippen molar-refractivity contribution >= 4 is 5.57 Å². The molecule has 28 heavy (non-hydrogen) atoms. The lowest BCUT2D eigenvalue weighted by molar-refractivity contribution is 0.283. The molecule has 1 unspecified atom stereocenters. The van der Waals surface area contributed by atoms with Crippen LogP contribution < -0.4 is 0 Å². The van der Waals surface area contributed by atoms with Crippen LogP contribution in [0.15, 0.2) is 61.1 Å². The summed E-state index contributed by atoms with van der Waals surface area (Å²) in [6, 6.07) is 11.4. The Balaban J connectivity index is 1.63. The SMILES string of the molecule is CC1C[C@H]2C=C(c3c[nH]c(-c4ccc(F)cc4)c3-c3ccncc3)CCN2C1. The molecule has 0 saturated carbocycles. The molecule has 142 valence electrons. The number of fused-ring (bicyclic) bond motifs is 1. The molecular formula is C24H24FN3. The summed E-state index contributed by atoms with van der Waals surface area (Å²) < 4.78 is 13.4. The molecule has 2 aliphatic heterocycles. The van der Waals surface area contributed by atoms with Crippen molar-refractivity contribution in [1.82, 2.24) is 14.9 Å². The minimum atomic E-state index is -0.216. The van der Waals surface area contributed by atoms with Crippen LogP contribution in [0.3, 0.4) is 0 Å². The summed E-state index contributed by atoms with van der Waals surface area (Å²) in [5.74, 6) is 0.549. The van der Waals surface area contributed by atoms with Crippen molar-refractivity contribution in [2.45, 2.75) is 25.8 Å². The van der Waals surface area contributed by atoms with Gasteiger partial charge in [0.25, 0.3) is 0 Å². The fraction of sp³-hybridized carbons (Fsp3) is 0.292. The zero-order chi connectivity index (χ0) is 19.1. The van der Waals surface area contributed by atoms with E-state index in [1.54, 1.807) is 0 Å². The van der Waals surface area contributed by atoms with E-state index in [0.29, 0.717) is 6.04 Å².